The summed E-state index contributed by atoms with van der Waals surface area (Å²) >= 11 is 11.8. The molecule has 0 aliphatic rings. The molecule has 0 heterocycles. The summed E-state index contributed by atoms with van der Waals surface area (Å²) in [5.41, 5.74) is 1.80. The Hall–Kier alpha value is -1.22. The van der Waals surface area contributed by atoms with Crippen molar-refractivity contribution >= 4 is 23.2 Å². The van der Waals surface area contributed by atoms with Crippen LogP contribution in [0.25, 0.3) is 0 Å². The summed E-state index contributed by atoms with van der Waals surface area (Å²) in [5, 5.41) is 18.3. The van der Waals surface area contributed by atoms with E-state index in [2.05, 4.69) is 0 Å². The van der Waals surface area contributed by atoms with Gasteiger partial charge in [0.05, 0.1) is 21.2 Å². The molecule has 0 aliphatic heterocycles. The zero-order valence-corrected chi connectivity index (χ0v) is 9.16. The van der Waals surface area contributed by atoms with Crippen LogP contribution in [0.5, 0.6) is 0 Å². The number of hydrogen-bond acceptors (Lipinski definition) is 2. The molecule has 0 spiro atoms. The highest BCUT2D eigenvalue weighted by atomic mass is 35.5. The molecule has 0 saturated heterocycles. The van der Waals surface area contributed by atoms with Crippen LogP contribution in [0.1, 0.15) is 22.3 Å². The van der Waals surface area contributed by atoms with Crippen LogP contribution in [-0.2, 0) is 0 Å². The van der Waals surface area contributed by atoms with Crippen LogP contribution in [-0.4, -0.2) is 0 Å². The normalized spacial score (nSPS) is 9.29. The van der Waals surface area contributed by atoms with Crippen molar-refractivity contribution in [1.29, 1.82) is 10.5 Å². The van der Waals surface area contributed by atoms with Crippen molar-refractivity contribution in [3.63, 3.8) is 0 Å². The summed E-state index contributed by atoms with van der Waals surface area (Å²) in [7, 11) is 0. The third-order valence-corrected chi connectivity index (χ3v) is 3.08. The summed E-state index contributed by atoms with van der Waals surface area (Å²) in [6.45, 7) is 3.54. The minimum atomic E-state index is 0.155. The second-order valence-electron chi connectivity index (χ2n) is 2.85. The van der Waals surface area contributed by atoms with Gasteiger partial charge in [0, 0.05) is 0 Å². The molecular weight excluding hydrogens is 219 g/mol. The molecule has 0 aliphatic carbocycles. The Morgan fingerprint density at radius 2 is 1.14 bits per heavy atom. The lowest BCUT2D eigenvalue weighted by Gasteiger charge is -2.09. The van der Waals surface area contributed by atoms with Crippen LogP contribution >= 0.6 is 23.2 Å². The van der Waals surface area contributed by atoms with Crippen LogP contribution in [0.2, 0.25) is 10.0 Å². The van der Waals surface area contributed by atoms with E-state index in [-0.39, 0.29) is 11.1 Å². The molecule has 0 radical (unpaired) electrons. The number of hydrogen-bond donors (Lipinski definition) is 0. The maximum atomic E-state index is 8.83. The Morgan fingerprint density at radius 1 is 0.857 bits per heavy atom. The lowest BCUT2D eigenvalue weighted by molar-refractivity contribution is 1.30. The van der Waals surface area contributed by atoms with E-state index in [0.717, 1.165) is 11.1 Å². The topological polar surface area (TPSA) is 47.6 Å². The van der Waals surface area contributed by atoms with Crippen molar-refractivity contribution in [3.05, 3.63) is 32.3 Å². The minimum absolute atomic E-state index is 0.155. The molecule has 0 bridgehead atoms. The van der Waals surface area contributed by atoms with Crippen LogP contribution in [0, 0.1) is 36.5 Å². The lowest BCUT2D eigenvalue weighted by atomic mass is 10.0. The van der Waals surface area contributed by atoms with E-state index >= 15 is 0 Å². The quantitative estimate of drug-likeness (QED) is 0.679. The average Bonchev–Trinajstić information content (AvgIpc) is 2.20. The van der Waals surface area contributed by atoms with Crippen molar-refractivity contribution in [2.24, 2.45) is 0 Å². The van der Waals surface area contributed by atoms with Gasteiger partial charge in [-0.2, -0.15) is 10.5 Å². The molecule has 2 nitrogen and oxygen atoms in total. The summed E-state index contributed by atoms with van der Waals surface area (Å²) in [5.74, 6) is 0. The van der Waals surface area contributed by atoms with E-state index in [9.17, 15) is 0 Å². The predicted octanol–water partition coefficient (Wildman–Crippen LogP) is 3.35. The molecule has 1 aromatic rings. The Bertz CT molecular complexity index is 434. The number of rotatable bonds is 0. The Labute approximate surface area is 92.3 Å². The molecule has 0 atom stereocenters. The van der Waals surface area contributed by atoms with Crippen molar-refractivity contribution in [2.75, 3.05) is 0 Å². The zero-order valence-electron chi connectivity index (χ0n) is 7.65. The molecule has 1 aromatic carbocycles. The standard InChI is InChI=1S/C10H6Cl2N2/c1-5-6(2)10(12)8(4-14)7(3-13)9(5)11/h1-2H3. The van der Waals surface area contributed by atoms with Gasteiger partial charge in [-0.15, -0.1) is 0 Å². The van der Waals surface area contributed by atoms with Gasteiger partial charge < -0.3 is 0 Å². The number of nitrogens with zero attached hydrogens (tertiary/aromatic N) is 2. The highest BCUT2D eigenvalue weighted by Crippen LogP contribution is 2.33. The van der Waals surface area contributed by atoms with E-state index < -0.39 is 0 Å². The Kier molecular flexibility index (Phi) is 3.01. The SMILES string of the molecule is Cc1c(C)c(Cl)c(C#N)c(C#N)c1Cl. The molecule has 1 rings (SSSR count). The van der Waals surface area contributed by atoms with Crippen LogP contribution in [0.3, 0.4) is 0 Å². The number of halogens is 2. The van der Waals surface area contributed by atoms with Crippen molar-refractivity contribution in [3.8, 4) is 12.1 Å². The van der Waals surface area contributed by atoms with Crippen molar-refractivity contribution in [2.45, 2.75) is 13.8 Å². The van der Waals surface area contributed by atoms with Crippen LogP contribution < -0.4 is 0 Å². The predicted molar refractivity (Wildman–Crippen MR) is 55.4 cm³/mol. The second kappa shape index (κ2) is 3.88. The third kappa shape index (κ3) is 1.44. The summed E-state index contributed by atoms with van der Waals surface area (Å²) < 4.78 is 0. The monoisotopic (exact) mass is 224 g/mol. The van der Waals surface area contributed by atoms with E-state index in [1.807, 2.05) is 12.1 Å². The van der Waals surface area contributed by atoms with Gasteiger partial charge in [-0.05, 0) is 25.0 Å². The molecule has 0 unspecified atom stereocenters. The van der Waals surface area contributed by atoms with Gasteiger partial charge in [-0.25, -0.2) is 0 Å². The Morgan fingerprint density at radius 3 is 1.36 bits per heavy atom. The molecule has 0 aromatic heterocycles. The maximum absolute atomic E-state index is 8.83. The largest absolute Gasteiger partial charge is 0.192 e. The van der Waals surface area contributed by atoms with Gasteiger partial charge in [0.1, 0.15) is 12.1 Å². The molecule has 0 saturated carbocycles. The van der Waals surface area contributed by atoms with Gasteiger partial charge in [-0.1, -0.05) is 23.2 Å². The number of benzene rings is 1. The highest BCUT2D eigenvalue weighted by molar-refractivity contribution is 6.36. The smallest absolute Gasteiger partial charge is 0.102 e. The lowest BCUT2D eigenvalue weighted by Crippen LogP contribution is -1.94. The highest BCUT2D eigenvalue weighted by Gasteiger charge is 2.16. The summed E-state index contributed by atoms with van der Waals surface area (Å²) in [6, 6.07) is 3.77. The first kappa shape index (κ1) is 10.9. The first-order chi connectivity index (χ1) is 6.54. The third-order valence-electron chi connectivity index (χ3n) is 2.13. The number of nitriles is 2. The van der Waals surface area contributed by atoms with Gasteiger partial charge in [0.15, 0.2) is 0 Å². The molecule has 4 heteroatoms. The zero-order chi connectivity index (χ0) is 10.9. The van der Waals surface area contributed by atoms with Crippen LogP contribution in [0.15, 0.2) is 0 Å². The van der Waals surface area contributed by atoms with Crippen molar-refractivity contribution < 1.29 is 0 Å². The second-order valence-corrected chi connectivity index (χ2v) is 3.61. The molecular formula is C10H6Cl2N2. The first-order valence-electron chi connectivity index (χ1n) is 3.83. The molecule has 0 fully saturated rings. The van der Waals surface area contributed by atoms with Crippen molar-refractivity contribution in [1.82, 2.24) is 0 Å². The van der Waals surface area contributed by atoms with E-state index in [1.54, 1.807) is 13.8 Å². The van der Waals surface area contributed by atoms with E-state index in [4.69, 9.17) is 33.7 Å². The fourth-order valence-electron chi connectivity index (χ4n) is 1.13. The molecule has 14 heavy (non-hydrogen) atoms. The van der Waals surface area contributed by atoms with Gasteiger partial charge in [0.25, 0.3) is 0 Å². The minimum Gasteiger partial charge on any atom is -0.192 e. The first-order valence-corrected chi connectivity index (χ1v) is 4.58. The fourth-order valence-corrected chi connectivity index (χ4v) is 1.69. The summed E-state index contributed by atoms with van der Waals surface area (Å²) in [4.78, 5) is 0. The molecule has 0 N–H and O–H groups in total. The van der Waals surface area contributed by atoms with Gasteiger partial charge in [-0.3, -0.25) is 0 Å². The molecule has 70 valence electrons. The summed E-state index contributed by atoms with van der Waals surface area (Å²) in [6.07, 6.45) is 0. The van der Waals surface area contributed by atoms with E-state index in [0.29, 0.717) is 10.0 Å². The van der Waals surface area contributed by atoms with E-state index in [1.165, 1.54) is 0 Å². The average molecular weight is 225 g/mol. The van der Waals surface area contributed by atoms with Gasteiger partial charge >= 0.3 is 0 Å². The Balaban J connectivity index is 3.79. The van der Waals surface area contributed by atoms with Gasteiger partial charge in [0.2, 0.25) is 0 Å². The van der Waals surface area contributed by atoms with Crippen LogP contribution in [0.4, 0.5) is 0 Å². The maximum Gasteiger partial charge on any atom is 0.102 e. The fraction of sp³-hybridized carbons (Fsp3) is 0.200. The molecule has 0 amide bonds.